The van der Waals surface area contributed by atoms with Gasteiger partial charge >= 0.3 is 0 Å². The monoisotopic (exact) mass is 499 g/mol. The van der Waals surface area contributed by atoms with Crippen molar-refractivity contribution in [2.45, 2.75) is 19.4 Å². The molecule has 0 aromatic heterocycles. The first-order valence-electron chi connectivity index (χ1n) is 9.14. The van der Waals surface area contributed by atoms with Crippen LogP contribution in [0.5, 0.6) is 11.5 Å². The molecule has 7 heteroatoms. The first-order valence-corrected chi connectivity index (χ1v) is 9.14. The molecule has 0 saturated heterocycles. The second-order valence-corrected chi connectivity index (χ2v) is 6.01. The predicted octanol–water partition coefficient (Wildman–Crippen LogP) is 3.15. The first kappa shape index (κ1) is 24.0. The van der Waals surface area contributed by atoms with E-state index in [4.69, 9.17) is 9.47 Å². The van der Waals surface area contributed by atoms with E-state index >= 15 is 0 Å². The van der Waals surface area contributed by atoms with Gasteiger partial charge in [-0.2, -0.15) is 0 Å². The number of halogens is 1. The summed E-state index contributed by atoms with van der Waals surface area (Å²) < 4.78 is 10.5. The number of rotatable bonds is 9. The lowest BCUT2D eigenvalue weighted by Gasteiger charge is -2.15. The van der Waals surface area contributed by atoms with Gasteiger partial charge in [-0.25, -0.2) is 0 Å². The van der Waals surface area contributed by atoms with Crippen LogP contribution < -0.4 is 20.1 Å². The molecule has 0 aliphatic rings. The van der Waals surface area contributed by atoms with Crippen LogP contribution in [0, 0.1) is 0 Å². The van der Waals surface area contributed by atoms with Crippen molar-refractivity contribution < 1.29 is 14.6 Å². The Morgan fingerprint density at radius 2 is 1.75 bits per heavy atom. The summed E-state index contributed by atoms with van der Waals surface area (Å²) in [5.74, 6) is 1.91. The Balaban J connectivity index is 0.00000392. The number of ether oxygens (including phenoxy) is 2. The number of guanidine groups is 1. The molecular weight excluding hydrogens is 469 g/mol. The van der Waals surface area contributed by atoms with E-state index in [0.29, 0.717) is 17.5 Å². The highest BCUT2D eigenvalue weighted by Gasteiger charge is 2.12. The number of nitrogens with one attached hydrogen (secondary N) is 2. The van der Waals surface area contributed by atoms with Gasteiger partial charge in [0.15, 0.2) is 17.5 Å². The molecule has 1 unspecified atom stereocenters. The van der Waals surface area contributed by atoms with Gasteiger partial charge in [0.2, 0.25) is 0 Å². The van der Waals surface area contributed by atoms with Crippen molar-refractivity contribution in [3.05, 3.63) is 59.7 Å². The van der Waals surface area contributed by atoms with Crippen molar-refractivity contribution in [3.8, 4) is 11.5 Å². The minimum absolute atomic E-state index is 0. The van der Waals surface area contributed by atoms with Gasteiger partial charge in [0.25, 0.3) is 0 Å². The summed E-state index contributed by atoms with van der Waals surface area (Å²) in [6.45, 7) is 3.78. The van der Waals surface area contributed by atoms with Crippen LogP contribution in [0.4, 0.5) is 0 Å². The number of nitrogens with zero attached hydrogens (tertiary/aromatic N) is 1. The Labute approximate surface area is 184 Å². The van der Waals surface area contributed by atoms with Gasteiger partial charge in [0.05, 0.1) is 26.9 Å². The van der Waals surface area contributed by atoms with E-state index in [1.165, 1.54) is 5.56 Å². The molecule has 0 radical (unpaired) electrons. The van der Waals surface area contributed by atoms with Crippen LogP contribution in [-0.2, 0) is 6.42 Å². The number of aliphatic hydroxyl groups is 1. The van der Waals surface area contributed by atoms with Crippen LogP contribution in [0.2, 0.25) is 0 Å². The highest BCUT2D eigenvalue weighted by atomic mass is 127. The number of aliphatic hydroxyl groups excluding tert-OH is 1. The van der Waals surface area contributed by atoms with Crippen molar-refractivity contribution in [2.75, 3.05) is 33.9 Å². The van der Waals surface area contributed by atoms with E-state index in [-0.39, 0.29) is 30.5 Å². The van der Waals surface area contributed by atoms with Crippen molar-refractivity contribution in [3.63, 3.8) is 0 Å². The lowest BCUT2D eigenvalue weighted by atomic mass is 10.1. The molecule has 0 saturated carbocycles. The second-order valence-electron chi connectivity index (χ2n) is 6.01. The Kier molecular flexibility index (Phi) is 11.4. The molecule has 2 rings (SSSR count). The molecule has 0 amide bonds. The average Bonchev–Trinajstić information content (AvgIpc) is 2.72. The number of hydrogen-bond donors (Lipinski definition) is 3. The molecule has 1 atom stereocenters. The molecule has 6 nitrogen and oxygen atoms in total. The summed E-state index contributed by atoms with van der Waals surface area (Å²) in [7, 11) is 3.16. The zero-order chi connectivity index (χ0) is 19.5. The number of hydrogen-bond acceptors (Lipinski definition) is 4. The summed E-state index contributed by atoms with van der Waals surface area (Å²) in [6.07, 6.45) is 0.179. The lowest BCUT2D eigenvalue weighted by Crippen LogP contribution is -2.38. The molecule has 0 aliphatic carbocycles. The zero-order valence-corrected chi connectivity index (χ0v) is 19.0. The fourth-order valence-corrected chi connectivity index (χ4v) is 2.65. The zero-order valence-electron chi connectivity index (χ0n) is 16.6. The fourth-order valence-electron chi connectivity index (χ4n) is 2.65. The topological polar surface area (TPSA) is 75.1 Å². The molecule has 0 aliphatic heterocycles. The van der Waals surface area contributed by atoms with Crippen LogP contribution in [0.25, 0.3) is 0 Å². The number of aliphatic imine (C=N–C) groups is 1. The molecule has 0 bridgehead atoms. The third-order valence-corrected chi connectivity index (χ3v) is 4.11. The van der Waals surface area contributed by atoms with E-state index in [9.17, 15) is 5.11 Å². The minimum atomic E-state index is -0.727. The Hall–Kier alpha value is -2.00. The summed E-state index contributed by atoms with van der Waals surface area (Å²) in [5, 5.41) is 17.0. The first-order chi connectivity index (χ1) is 13.2. The lowest BCUT2D eigenvalue weighted by molar-refractivity contribution is 0.186. The van der Waals surface area contributed by atoms with Gasteiger partial charge in [-0.15, -0.1) is 24.0 Å². The maximum absolute atomic E-state index is 10.5. The molecule has 2 aromatic carbocycles. The van der Waals surface area contributed by atoms with Crippen LogP contribution in [0.1, 0.15) is 24.2 Å². The van der Waals surface area contributed by atoms with Gasteiger partial charge in [0.1, 0.15) is 0 Å². The third kappa shape index (κ3) is 7.55. The Bertz CT molecular complexity index is 726. The summed E-state index contributed by atoms with van der Waals surface area (Å²) in [4.78, 5) is 4.49. The van der Waals surface area contributed by atoms with Crippen molar-refractivity contribution in [2.24, 2.45) is 4.99 Å². The molecule has 0 spiro atoms. The van der Waals surface area contributed by atoms with Crippen LogP contribution in [0.15, 0.2) is 53.5 Å². The third-order valence-electron chi connectivity index (χ3n) is 4.11. The van der Waals surface area contributed by atoms with Gasteiger partial charge in [0, 0.05) is 13.1 Å². The molecule has 0 fully saturated rings. The fraction of sp³-hybridized carbons (Fsp3) is 0.381. The van der Waals surface area contributed by atoms with Crippen LogP contribution >= 0.6 is 24.0 Å². The number of methoxy groups -OCH3 is 2. The van der Waals surface area contributed by atoms with Crippen LogP contribution in [0.3, 0.4) is 0 Å². The summed E-state index contributed by atoms with van der Waals surface area (Å²) >= 11 is 0. The largest absolute Gasteiger partial charge is 0.493 e. The van der Waals surface area contributed by atoms with Gasteiger partial charge < -0.3 is 25.2 Å². The van der Waals surface area contributed by atoms with Crippen molar-refractivity contribution >= 4 is 29.9 Å². The smallest absolute Gasteiger partial charge is 0.191 e. The number of benzene rings is 2. The quantitative estimate of drug-likeness (QED) is 0.281. The molecule has 2 aromatic rings. The maximum Gasteiger partial charge on any atom is 0.191 e. The maximum atomic E-state index is 10.5. The Morgan fingerprint density at radius 3 is 2.39 bits per heavy atom. The standard InChI is InChI=1S/C21H29N3O3.HI/c1-4-22-21(23-13-12-16-8-6-5-7-9-16)24-15-18(25)17-10-11-19(26-2)20(14-17)27-3;/h5-11,14,18,25H,4,12-13,15H2,1-3H3,(H2,22,23,24);1H. The van der Waals surface area contributed by atoms with E-state index in [1.54, 1.807) is 26.4 Å². The minimum Gasteiger partial charge on any atom is -0.493 e. The molecule has 0 heterocycles. The van der Waals surface area contributed by atoms with E-state index in [0.717, 1.165) is 25.1 Å². The average molecular weight is 499 g/mol. The van der Waals surface area contributed by atoms with Gasteiger partial charge in [-0.1, -0.05) is 36.4 Å². The molecule has 28 heavy (non-hydrogen) atoms. The highest BCUT2D eigenvalue weighted by Crippen LogP contribution is 2.29. The molecular formula is C21H30IN3O3. The summed E-state index contributed by atoms with van der Waals surface area (Å²) in [5.41, 5.74) is 2.00. The summed E-state index contributed by atoms with van der Waals surface area (Å²) in [6, 6.07) is 15.7. The predicted molar refractivity (Wildman–Crippen MR) is 124 cm³/mol. The molecule has 154 valence electrons. The Morgan fingerprint density at radius 1 is 1.04 bits per heavy atom. The van der Waals surface area contributed by atoms with Crippen LogP contribution in [-0.4, -0.2) is 44.9 Å². The van der Waals surface area contributed by atoms with Gasteiger partial charge in [-0.3, -0.25) is 4.99 Å². The SMILES string of the molecule is CCNC(=NCC(O)c1ccc(OC)c(OC)c1)NCCc1ccccc1.I. The normalized spacial score (nSPS) is 11.9. The van der Waals surface area contributed by atoms with Crippen molar-refractivity contribution in [1.82, 2.24) is 10.6 Å². The van der Waals surface area contributed by atoms with Crippen molar-refractivity contribution in [1.29, 1.82) is 0 Å². The van der Waals surface area contributed by atoms with Gasteiger partial charge in [-0.05, 0) is 36.6 Å². The van der Waals surface area contributed by atoms with E-state index in [1.807, 2.05) is 31.2 Å². The van der Waals surface area contributed by atoms with E-state index < -0.39 is 6.10 Å². The highest BCUT2D eigenvalue weighted by molar-refractivity contribution is 14.0. The molecule has 3 N–H and O–H groups in total. The van der Waals surface area contributed by atoms with E-state index in [2.05, 4.69) is 27.8 Å². The second kappa shape index (κ2) is 13.2.